The molecule has 14 heavy (non-hydrogen) atoms. The van der Waals surface area contributed by atoms with Crippen molar-refractivity contribution in [3.63, 3.8) is 0 Å². The van der Waals surface area contributed by atoms with E-state index in [1.54, 1.807) is 24.1 Å². The van der Waals surface area contributed by atoms with Gasteiger partial charge in [-0.25, -0.2) is 0 Å². The fraction of sp³-hybridized carbons (Fsp3) is 0.556. The van der Waals surface area contributed by atoms with Gasteiger partial charge in [-0.15, -0.1) is 0 Å². The first-order chi connectivity index (χ1) is 6.75. The molecule has 2 heterocycles. The number of carbonyl (C=O) groups is 1. The van der Waals surface area contributed by atoms with E-state index in [2.05, 4.69) is 5.10 Å². The molecule has 0 N–H and O–H groups in total. The Hall–Kier alpha value is -1.20. The fourth-order valence-corrected chi connectivity index (χ4v) is 1.36. The van der Waals surface area contributed by atoms with Gasteiger partial charge in [0.25, 0.3) is 0 Å². The van der Waals surface area contributed by atoms with E-state index in [-0.39, 0.29) is 18.5 Å². The standard InChI is InChI=1S/C9H12N2O3/c1-11-6-7(5-10-11)8(12)4-9-13-2-3-14-9/h5-6,9H,2-4H2,1H3. The van der Waals surface area contributed by atoms with Crippen LogP contribution in [0.25, 0.3) is 0 Å². The average molecular weight is 196 g/mol. The van der Waals surface area contributed by atoms with E-state index in [0.717, 1.165) is 0 Å². The number of aryl methyl sites for hydroxylation is 1. The molecule has 2 rings (SSSR count). The van der Waals surface area contributed by atoms with Crippen LogP contribution in [-0.2, 0) is 16.5 Å². The van der Waals surface area contributed by atoms with Crippen molar-refractivity contribution in [3.8, 4) is 0 Å². The molecule has 0 spiro atoms. The third-order valence-electron chi connectivity index (χ3n) is 2.07. The van der Waals surface area contributed by atoms with E-state index in [9.17, 15) is 4.79 Å². The molecule has 5 heteroatoms. The Morgan fingerprint density at radius 1 is 1.64 bits per heavy atom. The minimum absolute atomic E-state index is 0.00463. The molecule has 1 saturated heterocycles. The minimum Gasteiger partial charge on any atom is -0.350 e. The summed E-state index contributed by atoms with van der Waals surface area (Å²) in [5.41, 5.74) is 0.603. The topological polar surface area (TPSA) is 53.4 Å². The zero-order chi connectivity index (χ0) is 9.97. The van der Waals surface area contributed by atoms with Crippen LogP contribution < -0.4 is 0 Å². The number of aromatic nitrogens is 2. The second kappa shape index (κ2) is 3.89. The third-order valence-corrected chi connectivity index (χ3v) is 2.07. The first-order valence-corrected chi connectivity index (χ1v) is 4.51. The molecule has 76 valence electrons. The Morgan fingerprint density at radius 3 is 2.93 bits per heavy atom. The van der Waals surface area contributed by atoms with Gasteiger partial charge in [-0.2, -0.15) is 5.10 Å². The molecule has 0 bridgehead atoms. The first kappa shape index (κ1) is 9.36. The van der Waals surface area contributed by atoms with Crippen molar-refractivity contribution in [2.75, 3.05) is 13.2 Å². The summed E-state index contributed by atoms with van der Waals surface area (Å²) >= 11 is 0. The summed E-state index contributed by atoms with van der Waals surface area (Å²) < 4.78 is 12.0. The molecular formula is C9H12N2O3. The predicted molar refractivity (Wildman–Crippen MR) is 47.8 cm³/mol. The number of ether oxygens (including phenoxy) is 2. The van der Waals surface area contributed by atoms with Gasteiger partial charge in [-0.1, -0.05) is 0 Å². The highest BCUT2D eigenvalue weighted by Gasteiger charge is 2.21. The van der Waals surface area contributed by atoms with Crippen LogP contribution in [0.4, 0.5) is 0 Å². The number of carbonyl (C=O) groups excluding carboxylic acids is 1. The molecule has 1 aromatic rings. The second-order valence-corrected chi connectivity index (χ2v) is 3.20. The zero-order valence-corrected chi connectivity index (χ0v) is 7.97. The van der Waals surface area contributed by atoms with Crippen molar-refractivity contribution in [2.45, 2.75) is 12.7 Å². The van der Waals surface area contributed by atoms with Gasteiger partial charge >= 0.3 is 0 Å². The SMILES string of the molecule is Cn1cc(C(=O)CC2OCCO2)cn1. The quantitative estimate of drug-likeness (QED) is 0.655. The molecule has 1 aliphatic rings. The Morgan fingerprint density at radius 2 is 2.36 bits per heavy atom. The molecule has 0 aliphatic carbocycles. The molecule has 0 unspecified atom stereocenters. The van der Waals surface area contributed by atoms with E-state index in [0.29, 0.717) is 18.8 Å². The van der Waals surface area contributed by atoms with Crippen molar-refractivity contribution in [1.82, 2.24) is 9.78 Å². The first-order valence-electron chi connectivity index (χ1n) is 4.51. The Kier molecular flexibility index (Phi) is 2.60. The molecule has 1 aliphatic heterocycles. The average Bonchev–Trinajstić information content (AvgIpc) is 2.75. The van der Waals surface area contributed by atoms with Crippen molar-refractivity contribution in [2.24, 2.45) is 7.05 Å². The number of Topliss-reactive ketones (excluding diaryl/α,β-unsaturated/α-hetero) is 1. The van der Waals surface area contributed by atoms with Crippen molar-refractivity contribution in [3.05, 3.63) is 18.0 Å². The largest absolute Gasteiger partial charge is 0.350 e. The van der Waals surface area contributed by atoms with Gasteiger partial charge in [0.05, 0.1) is 31.4 Å². The third kappa shape index (κ3) is 2.00. The molecule has 5 nitrogen and oxygen atoms in total. The highest BCUT2D eigenvalue weighted by molar-refractivity contribution is 5.95. The molecule has 1 aromatic heterocycles. The lowest BCUT2D eigenvalue weighted by Gasteiger charge is -2.05. The molecule has 0 aromatic carbocycles. The second-order valence-electron chi connectivity index (χ2n) is 3.20. The van der Waals surface area contributed by atoms with Gasteiger partial charge in [0.15, 0.2) is 12.1 Å². The highest BCUT2D eigenvalue weighted by Crippen LogP contribution is 2.11. The van der Waals surface area contributed by atoms with Crippen LogP contribution in [0.1, 0.15) is 16.8 Å². The summed E-state index contributed by atoms with van der Waals surface area (Å²) in [6.45, 7) is 1.15. The Bertz CT molecular complexity index is 329. The van der Waals surface area contributed by atoms with Crippen LogP contribution >= 0.6 is 0 Å². The number of rotatable bonds is 3. The number of ketones is 1. The van der Waals surface area contributed by atoms with E-state index >= 15 is 0 Å². The smallest absolute Gasteiger partial charge is 0.171 e. The lowest BCUT2D eigenvalue weighted by molar-refractivity contribution is -0.0407. The van der Waals surface area contributed by atoms with Gasteiger partial charge < -0.3 is 9.47 Å². The number of nitrogens with zero attached hydrogens (tertiary/aromatic N) is 2. The summed E-state index contributed by atoms with van der Waals surface area (Å²) in [7, 11) is 1.78. The minimum atomic E-state index is -0.372. The normalized spacial score (nSPS) is 17.5. The summed E-state index contributed by atoms with van der Waals surface area (Å²) in [5.74, 6) is 0.00463. The molecule has 0 radical (unpaired) electrons. The van der Waals surface area contributed by atoms with E-state index in [1.165, 1.54) is 0 Å². The van der Waals surface area contributed by atoms with Crippen LogP contribution in [0.15, 0.2) is 12.4 Å². The molecule has 0 atom stereocenters. The summed E-state index contributed by atoms with van der Waals surface area (Å²) in [4.78, 5) is 11.6. The van der Waals surface area contributed by atoms with Gasteiger partial charge in [-0.3, -0.25) is 9.48 Å². The predicted octanol–water partition coefficient (Wildman–Crippen LogP) is 0.366. The lowest BCUT2D eigenvalue weighted by Crippen LogP contribution is -2.14. The summed E-state index contributed by atoms with van der Waals surface area (Å²) in [6, 6.07) is 0. The van der Waals surface area contributed by atoms with Gasteiger partial charge in [0.1, 0.15) is 0 Å². The highest BCUT2D eigenvalue weighted by atomic mass is 16.7. The number of hydrogen-bond acceptors (Lipinski definition) is 4. The monoisotopic (exact) mass is 196 g/mol. The Labute approximate surface area is 81.6 Å². The van der Waals surface area contributed by atoms with Gasteiger partial charge in [0.2, 0.25) is 0 Å². The van der Waals surface area contributed by atoms with Crippen LogP contribution in [0.5, 0.6) is 0 Å². The van der Waals surface area contributed by atoms with Crippen LogP contribution in [0.3, 0.4) is 0 Å². The zero-order valence-electron chi connectivity index (χ0n) is 7.97. The summed E-state index contributed by atoms with van der Waals surface area (Å²) in [6.07, 6.45) is 3.14. The van der Waals surface area contributed by atoms with E-state index < -0.39 is 0 Å². The maximum absolute atomic E-state index is 11.6. The van der Waals surface area contributed by atoms with Gasteiger partial charge in [0, 0.05) is 13.2 Å². The van der Waals surface area contributed by atoms with Crippen molar-refractivity contribution >= 4 is 5.78 Å². The van der Waals surface area contributed by atoms with Crippen molar-refractivity contribution < 1.29 is 14.3 Å². The van der Waals surface area contributed by atoms with E-state index in [4.69, 9.17) is 9.47 Å². The van der Waals surface area contributed by atoms with Crippen LogP contribution in [0, 0.1) is 0 Å². The maximum atomic E-state index is 11.6. The van der Waals surface area contributed by atoms with Crippen molar-refractivity contribution in [1.29, 1.82) is 0 Å². The molecule has 1 fully saturated rings. The number of hydrogen-bond donors (Lipinski definition) is 0. The fourth-order valence-electron chi connectivity index (χ4n) is 1.36. The van der Waals surface area contributed by atoms with Gasteiger partial charge in [-0.05, 0) is 0 Å². The molecule has 0 amide bonds. The Balaban J connectivity index is 1.95. The van der Waals surface area contributed by atoms with Crippen LogP contribution in [0.2, 0.25) is 0 Å². The summed E-state index contributed by atoms with van der Waals surface area (Å²) in [5, 5.41) is 3.93. The van der Waals surface area contributed by atoms with Crippen LogP contribution in [-0.4, -0.2) is 35.1 Å². The van der Waals surface area contributed by atoms with E-state index in [1.807, 2.05) is 0 Å². The maximum Gasteiger partial charge on any atom is 0.171 e. The molecular weight excluding hydrogens is 184 g/mol. The molecule has 0 saturated carbocycles. The lowest BCUT2D eigenvalue weighted by atomic mass is 10.2.